The fourth-order valence-corrected chi connectivity index (χ4v) is 2.93. The van der Waals surface area contributed by atoms with Gasteiger partial charge in [0, 0.05) is 52.0 Å². The lowest BCUT2D eigenvalue weighted by molar-refractivity contribution is -0.128. The Hall–Kier alpha value is -2.36. The highest BCUT2D eigenvalue weighted by atomic mass is 16.2. The second-order valence-corrected chi connectivity index (χ2v) is 6.29. The summed E-state index contributed by atoms with van der Waals surface area (Å²) in [5, 5.41) is 12.4. The molecule has 1 fully saturated rings. The number of piperazine rings is 1. The molecule has 2 rings (SSSR count). The molecule has 0 atom stereocenters. The molecule has 0 aliphatic carbocycles. The van der Waals surface area contributed by atoms with Gasteiger partial charge in [-0.25, -0.2) is 0 Å². The number of nitrogens with one attached hydrogen (secondary N) is 1. The highest BCUT2D eigenvalue weighted by Gasteiger charge is 2.23. The van der Waals surface area contributed by atoms with Gasteiger partial charge >= 0.3 is 0 Å². The van der Waals surface area contributed by atoms with Gasteiger partial charge in [-0.1, -0.05) is 29.8 Å². The molecule has 0 radical (unpaired) electrons. The molecule has 0 aromatic heterocycles. The number of nitrogens with zero attached hydrogens (tertiary/aromatic N) is 3. The van der Waals surface area contributed by atoms with Crippen molar-refractivity contribution in [2.75, 3.05) is 45.8 Å². The maximum atomic E-state index is 12.5. The molecule has 0 spiro atoms. The van der Waals surface area contributed by atoms with Crippen molar-refractivity contribution in [2.24, 2.45) is 5.73 Å². The third-order valence-electron chi connectivity index (χ3n) is 4.34. The van der Waals surface area contributed by atoms with Crippen LogP contribution >= 0.6 is 0 Å². The quantitative estimate of drug-likeness (QED) is 0.432. The van der Waals surface area contributed by atoms with Crippen LogP contribution in [-0.4, -0.2) is 61.5 Å². The highest BCUT2D eigenvalue weighted by Crippen LogP contribution is 2.07. The van der Waals surface area contributed by atoms with E-state index in [0.29, 0.717) is 26.2 Å². The second-order valence-electron chi connectivity index (χ2n) is 6.29. The zero-order chi connectivity index (χ0) is 18.1. The number of rotatable bonds is 7. The average molecular weight is 341 g/mol. The van der Waals surface area contributed by atoms with E-state index in [-0.39, 0.29) is 11.5 Å². The van der Waals surface area contributed by atoms with E-state index >= 15 is 0 Å². The van der Waals surface area contributed by atoms with Gasteiger partial charge < -0.3 is 16.0 Å². The molecule has 0 bridgehead atoms. The van der Waals surface area contributed by atoms with Crippen LogP contribution in [0, 0.1) is 18.3 Å². The van der Waals surface area contributed by atoms with Crippen molar-refractivity contribution in [1.29, 1.82) is 5.26 Å². The van der Waals surface area contributed by atoms with Crippen molar-refractivity contribution >= 4 is 5.91 Å². The van der Waals surface area contributed by atoms with Crippen LogP contribution in [0.3, 0.4) is 0 Å². The maximum absolute atomic E-state index is 12.5. The third kappa shape index (κ3) is 5.89. The van der Waals surface area contributed by atoms with Gasteiger partial charge in [0.15, 0.2) is 0 Å². The maximum Gasteiger partial charge on any atom is 0.266 e. The van der Waals surface area contributed by atoms with Crippen molar-refractivity contribution in [3.05, 3.63) is 47.2 Å². The Morgan fingerprint density at radius 3 is 2.76 bits per heavy atom. The molecule has 1 aromatic carbocycles. The van der Waals surface area contributed by atoms with Crippen LogP contribution in [0.2, 0.25) is 0 Å². The predicted molar refractivity (Wildman–Crippen MR) is 98.7 cm³/mol. The summed E-state index contributed by atoms with van der Waals surface area (Å²) in [6.07, 6.45) is 2.40. The number of nitrogens with two attached hydrogens (primary N) is 1. The van der Waals surface area contributed by atoms with Crippen LogP contribution in [0.1, 0.15) is 11.1 Å². The molecular weight excluding hydrogens is 314 g/mol. The Balaban J connectivity index is 1.81. The monoisotopic (exact) mass is 341 g/mol. The Morgan fingerprint density at radius 1 is 1.36 bits per heavy atom. The smallest absolute Gasteiger partial charge is 0.266 e. The fraction of sp³-hybridized carbons (Fsp3) is 0.474. The van der Waals surface area contributed by atoms with Crippen LogP contribution in [0.15, 0.2) is 36.0 Å². The van der Waals surface area contributed by atoms with Gasteiger partial charge in [0.2, 0.25) is 0 Å². The number of hydrogen-bond donors (Lipinski definition) is 2. The van der Waals surface area contributed by atoms with E-state index in [4.69, 9.17) is 5.73 Å². The van der Waals surface area contributed by atoms with E-state index in [1.54, 1.807) is 11.1 Å². The molecule has 0 saturated carbocycles. The molecule has 3 N–H and O–H groups in total. The standard InChI is InChI=1S/C19H27N5O/c1-16-3-2-4-17(13-16)5-7-22-15-18(14-21)19(25)24-11-9-23(8-6-20)10-12-24/h2-4,13,15,22H,5-12,20H2,1H3/b18-15-. The van der Waals surface area contributed by atoms with E-state index in [9.17, 15) is 10.1 Å². The van der Waals surface area contributed by atoms with E-state index in [2.05, 4.69) is 35.3 Å². The number of nitriles is 1. The molecule has 1 aliphatic heterocycles. The fourth-order valence-electron chi connectivity index (χ4n) is 2.93. The summed E-state index contributed by atoms with van der Waals surface area (Å²) in [5.74, 6) is -0.196. The van der Waals surface area contributed by atoms with Crippen LogP contribution in [0.4, 0.5) is 0 Å². The SMILES string of the molecule is Cc1cccc(CCN/C=C(/C#N)C(=O)N2CCN(CCN)CC2)c1. The molecule has 1 amide bonds. The molecule has 1 heterocycles. The Kier molecular flexibility index (Phi) is 7.45. The molecule has 134 valence electrons. The molecule has 25 heavy (non-hydrogen) atoms. The lowest BCUT2D eigenvalue weighted by Crippen LogP contribution is -2.50. The first-order valence-electron chi connectivity index (χ1n) is 8.75. The van der Waals surface area contributed by atoms with E-state index in [1.165, 1.54) is 11.1 Å². The van der Waals surface area contributed by atoms with Crippen molar-refractivity contribution in [3.63, 3.8) is 0 Å². The number of benzene rings is 1. The number of amides is 1. The van der Waals surface area contributed by atoms with Crippen molar-refractivity contribution in [1.82, 2.24) is 15.1 Å². The summed E-state index contributed by atoms with van der Waals surface area (Å²) >= 11 is 0. The summed E-state index contributed by atoms with van der Waals surface area (Å²) < 4.78 is 0. The van der Waals surface area contributed by atoms with Crippen LogP contribution in [0.25, 0.3) is 0 Å². The number of carbonyl (C=O) groups is 1. The summed E-state index contributed by atoms with van der Waals surface area (Å²) in [4.78, 5) is 16.4. The first-order valence-corrected chi connectivity index (χ1v) is 8.75. The molecule has 6 heteroatoms. The zero-order valence-corrected chi connectivity index (χ0v) is 14.9. The summed E-state index contributed by atoms with van der Waals surface area (Å²) in [6.45, 7) is 7.13. The van der Waals surface area contributed by atoms with Gasteiger partial charge in [0.05, 0.1) is 0 Å². The first-order chi connectivity index (χ1) is 12.1. The number of carbonyl (C=O) groups excluding carboxylic acids is 1. The third-order valence-corrected chi connectivity index (χ3v) is 4.34. The van der Waals surface area contributed by atoms with Crippen LogP contribution in [0.5, 0.6) is 0 Å². The van der Waals surface area contributed by atoms with Gasteiger partial charge in [0.1, 0.15) is 11.6 Å². The molecular formula is C19H27N5O. The van der Waals surface area contributed by atoms with E-state index < -0.39 is 0 Å². The lowest BCUT2D eigenvalue weighted by atomic mass is 10.1. The van der Waals surface area contributed by atoms with Gasteiger partial charge in [-0.15, -0.1) is 0 Å². The number of aryl methyl sites for hydroxylation is 1. The molecule has 1 aromatic rings. The summed E-state index contributed by atoms with van der Waals surface area (Å²) in [5.41, 5.74) is 8.19. The minimum absolute atomic E-state index is 0.163. The average Bonchev–Trinajstić information content (AvgIpc) is 2.62. The first kappa shape index (κ1) is 19.0. The minimum atomic E-state index is -0.196. The Morgan fingerprint density at radius 2 is 2.12 bits per heavy atom. The lowest BCUT2D eigenvalue weighted by Gasteiger charge is -2.34. The zero-order valence-electron chi connectivity index (χ0n) is 14.9. The van der Waals surface area contributed by atoms with Crippen molar-refractivity contribution in [3.8, 4) is 6.07 Å². The summed E-state index contributed by atoms with van der Waals surface area (Å²) in [6, 6.07) is 10.3. The van der Waals surface area contributed by atoms with Crippen LogP contribution in [-0.2, 0) is 11.2 Å². The van der Waals surface area contributed by atoms with E-state index in [0.717, 1.165) is 26.1 Å². The van der Waals surface area contributed by atoms with Crippen molar-refractivity contribution in [2.45, 2.75) is 13.3 Å². The van der Waals surface area contributed by atoms with E-state index in [1.807, 2.05) is 12.1 Å². The Bertz CT molecular complexity index is 641. The highest BCUT2D eigenvalue weighted by molar-refractivity contribution is 5.97. The van der Waals surface area contributed by atoms with Gasteiger partial charge in [-0.2, -0.15) is 5.26 Å². The predicted octanol–water partition coefficient (Wildman–Crippen LogP) is 0.638. The topological polar surface area (TPSA) is 85.4 Å². The largest absolute Gasteiger partial charge is 0.389 e. The van der Waals surface area contributed by atoms with Gasteiger partial charge in [0.25, 0.3) is 5.91 Å². The second kappa shape index (κ2) is 9.82. The minimum Gasteiger partial charge on any atom is -0.389 e. The van der Waals surface area contributed by atoms with Crippen molar-refractivity contribution < 1.29 is 4.79 Å². The molecule has 6 nitrogen and oxygen atoms in total. The van der Waals surface area contributed by atoms with Crippen LogP contribution < -0.4 is 11.1 Å². The number of hydrogen-bond acceptors (Lipinski definition) is 5. The normalized spacial score (nSPS) is 15.7. The summed E-state index contributed by atoms with van der Waals surface area (Å²) in [7, 11) is 0. The molecule has 1 saturated heterocycles. The molecule has 1 aliphatic rings. The Labute approximate surface area is 149 Å². The van der Waals surface area contributed by atoms with Gasteiger partial charge in [-0.05, 0) is 18.9 Å². The molecule has 0 unspecified atom stereocenters. The van der Waals surface area contributed by atoms with Gasteiger partial charge in [-0.3, -0.25) is 9.69 Å².